The van der Waals surface area contributed by atoms with Gasteiger partial charge in [0.05, 0.1) is 25.5 Å². The third-order valence-electron chi connectivity index (χ3n) is 6.55. The number of aromatic nitrogens is 2. The molecule has 0 bridgehead atoms. The van der Waals surface area contributed by atoms with Crippen molar-refractivity contribution in [1.29, 1.82) is 0 Å². The van der Waals surface area contributed by atoms with Crippen molar-refractivity contribution in [3.05, 3.63) is 90.6 Å². The molecule has 1 aliphatic rings. The Morgan fingerprint density at radius 2 is 1.53 bits per heavy atom. The van der Waals surface area contributed by atoms with Crippen molar-refractivity contribution < 1.29 is 14.3 Å². The van der Waals surface area contributed by atoms with Gasteiger partial charge in [0, 0.05) is 43.6 Å². The van der Waals surface area contributed by atoms with Crippen LogP contribution < -0.4 is 14.4 Å². The third-order valence-corrected chi connectivity index (χ3v) is 6.55. The topological polar surface area (TPSA) is 59.8 Å². The summed E-state index contributed by atoms with van der Waals surface area (Å²) < 4.78 is 12.7. The minimum Gasteiger partial charge on any atom is -0.497 e. The number of rotatable bonds is 6. The molecule has 0 saturated carbocycles. The highest BCUT2D eigenvalue weighted by Crippen LogP contribution is 2.32. The SMILES string of the molecule is COc1ccc(N2CCCN(C(=O)c3cn(-c4ccccc4)nc3-c3ccccc3OC)CC2)cc1. The van der Waals surface area contributed by atoms with Gasteiger partial charge in [-0.1, -0.05) is 30.3 Å². The van der Waals surface area contributed by atoms with Crippen molar-refractivity contribution in [2.75, 3.05) is 45.3 Å². The summed E-state index contributed by atoms with van der Waals surface area (Å²) in [6.45, 7) is 2.97. The van der Waals surface area contributed by atoms with Crippen molar-refractivity contribution in [2.45, 2.75) is 6.42 Å². The van der Waals surface area contributed by atoms with Gasteiger partial charge in [-0.15, -0.1) is 0 Å². The predicted octanol–water partition coefficient (Wildman–Crippen LogP) is 4.91. The van der Waals surface area contributed by atoms with Crippen LogP contribution in [-0.2, 0) is 0 Å². The maximum atomic E-state index is 13.9. The fraction of sp³-hybridized carbons (Fsp3) is 0.241. The molecule has 0 radical (unpaired) electrons. The van der Waals surface area contributed by atoms with E-state index in [4.69, 9.17) is 14.6 Å². The number of para-hydroxylation sites is 2. The van der Waals surface area contributed by atoms with Crippen LogP contribution in [-0.4, -0.2) is 61.0 Å². The highest BCUT2D eigenvalue weighted by molar-refractivity contribution is 6.00. The number of hydrogen-bond acceptors (Lipinski definition) is 5. The first kappa shape index (κ1) is 23.5. The van der Waals surface area contributed by atoms with Crippen LogP contribution in [0.1, 0.15) is 16.8 Å². The van der Waals surface area contributed by atoms with Crippen LogP contribution >= 0.6 is 0 Å². The van der Waals surface area contributed by atoms with Crippen molar-refractivity contribution in [3.63, 3.8) is 0 Å². The van der Waals surface area contributed by atoms with Crippen LogP contribution in [0.25, 0.3) is 16.9 Å². The predicted molar refractivity (Wildman–Crippen MR) is 141 cm³/mol. The lowest BCUT2D eigenvalue weighted by Crippen LogP contribution is -2.35. The second-order valence-electron chi connectivity index (χ2n) is 8.70. The molecule has 0 unspecified atom stereocenters. The average Bonchev–Trinajstić information content (AvgIpc) is 3.24. The first-order chi connectivity index (χ1) is 17.7. The number of hydrogen-bond donors (Lipinski definition) is 0. The summed E-state index contributed by atoms with van der Waals surface area (Å²) in [6.07, 6.45) is 2.72. The Balaban J connectivity index is 1.44. The van der Waals surface area contributed by atoms with Crippen LogP contribution in [0.15, 0.2) is 85.1 Å². The molecule has 1 fully saturated rings. The van der Waals surface area contributed by atoms with E-state index < -0.39 is 0 Å². The van der Waals surface area contributed by atoms with Gasteiger partial charge in [-0.05, 0) is 55.0 Å². The number of anilines is 1. The first-order valence-corrected chi connectivity index (χ1v) is 12.1. The van der Waals surface area contributed by atoms with E-state index in [0.717, 1.165) is 42.2 Å². The summed E-state index contributed by atoms with van der Waals surface area (Å²) in [5, 5.41) is 4.84. The van der Waals surface area contributed by atoms with Gasteiger partial charge in [0.15, 0.2) is 0 Å². The Hall–Kier alpha value is -4.26. The molecule has 7 heteroatoms. The zero-order valence-corrected chi connectivity index (χ0v) is 20.6. The molecule has 1 aromatic heterocycles. The lowest BCUT2D eigenvalue weighted by Gasteiger charge is -2.24. The van der Waals surface area contributed by atoms with Crippen molar-refractivity contribution in [2.24, 2.45) is 0 Å². The number of benzene rings is 3. The summed E-state index contributed by atoms with van der Waals surface area (Å²) in [7, 11) is 3.31. The fourth-order valence-electron chi connectivity index (χ4n) is 4.62. The summed E-state index contributed by atoms with van der Waals surface area (Å²) in [5.74, 6) is 1.51. The van der Waals surface area contributed by atoms with E-state index in [9.17, 15) is 4.79 Å². The summed E-state index contributed by atoms with van der Waals surface area (Å²) in [6, 6.07) is 25.6. The molecule has 0 atom stereocenters. The van der Waals surface area contributed by atoms with Gasteiger partial charge in [-0.3, -0.25) is 4.79 Å². The molecule has 2 heterocycles. The molecule has 184 valence electrons. The van der Waals surface area contributed by atoms with E-state index >= 15 is 0 Å². The standard InChI is InChI=1S/C29H30N4O3/c1-35-24-15-13-22(14-16-24)31-17-8-18-32(20-19-31)29(34)26-21-33(23-9-4-3-5-10-23)30-28(26)25-11-6-7-12-27(25)36-2/h3-7,9-16,21H,8,17-20H2,1-2H3. The van der Waals surface area contributed by atoms with Crippen LogP contribution in [0.5, 0.6) is 11.5 Å². The zero-order valence-electron chi connectivity index (χ0n) is 20.6. The van der Waals surface area contributed by atoms with E-state index in [2.05, 4.69) is 17.0 Å². The van der Waals surface area contributed by atoms with Crippen LogP contribution in [0.2, 0.25) is 0 Å². The van der Waals surface area contributed by atoms with Crippen LogP contribution in [0, 0.1) is 0 Å². The molecule has 1 aliphatic heterocycles. The normalized spacial score (nSPS) is 13.8. The molecular formula is C29H30N4O3. The van der Waals surface area contributed by atoms with Gasteiger partial charge < -0.3 is 19.3 Å². The van der Waals surface area contributed by atoms with E-state index in [0.29, 0.717) is 30.1 Å². The lowest BCUT2D eigenvalue weighted by molar-refractivity contribution is 0.0767. The van der Waals surface area contributed by atoms with Crippen molar-refractivity contribution >= 4 is 11.6 Å². The van der Waals surface area contributed by atoms with Gasteiger partial charge in [0.1, 0.15) is 17.2 Å². The number of methoxy groups -OCH3 is 2. The molecular weight excluding hydrogens is 452 g/mol. The minimum absolute atomic E-state index is 0.0188. The Morgan fingerprint density at radius 1 is 0.778 bits per heavy atom. The first-order valence-electron chi connectivity index (χ1n) is 12.1. The van der Waals surface area contributed by atoms with Crippen molar-refractivity contribution in [1.82, 2.24) is 14.7 Å². The smallest absolute Gasteiger partial charge is 0.257 e. The number of ether oxygens (including phenoxy) is 2. The van der Waals surface area contributed by atoms with Crippen LogP contribution in [0.3, 0.4) is 0 Å². The van der Waals surface area contributed by atoms with E-state index in [-0.39, 0.29) is 5.91 Å². The molecule has 0 N–H and O–H groups in total. The Labute approximate surface area is 211 Å². The van der Waals surface area contributed by atoms with Crippen LogP contribution in [0.4, 0.5) is 5.69 Å². The summed E-state index contributed by atoms with van der Waals surface area (Å²) in [5.41, 5.74) is 4.03. The second kappa shape index (κ2) is 10.6. The number of amides is 1. The highest BCUT2D eigenvalue weighted by atomic mass is 16.5. The molecule has 36 heavy (non-hydrogen) atoms. The van der Waals surface area contributed by atoms with E-state index in [1.54, 1.807) is 18.9 Å². The zero-order chi connectivity index (χ0) is 24.9. The largest absolute Gasteiger partial charge is 0.497 e. The maximum Gasteiger partial charge on any atom is 0.257 e. The maximum absolute atomic E-state index is 13.9. The molecule has 0 spiro atoms. The van der Waals surface area contributed by atoms with Gasteiger partial charge in [0.25, 0.3) is 5.91 Å². The third kappa shape index (κ3) is 4.77. The molecule has 5 rings (SSSR count). The highest BCUT2D eigenvalue weighted by Gasteiger charge is 2.27. The molecule has 7 nitrogen and oxygen atoms in total. The minimum atomic E-state index is -0.0188. The fourth-order valence-corrected chi connectivity index (χ4v) is 4.62. The van der Waals surface area contributed by atoms with Gasteiger partial charge in [-0.2, -0.15) is 5.10 Å². The monoisotopic (exact) mass is 482 g/mol. The molecule has 1 amide bonds. The Bertz CT molecular complexity index is 1320. The van der Waals surface area contributed by atoms with E-state index in [1.807, 2.05) is 77.8 Å². The van der Waals surface area contributed by atoms with Gasteiger partial charge in [-0.25, -0.2) is 4.68 Å². The number of carbonyl (C=O) groups is 1. The molecule has 0 aliphatic carbocycles. The molecule has 1 saturated heterocycles. The lowest BCUT2D eigenvalue weighted by atomic mass is 10.1. The quantitative estimate of drug-likeness (QED) is 0.391. The van der Waals surface area contributed by atoms with Crippen molar-refractivity contribution in [3.8, 4) is 28.4 Å². The van der Waals surface area contributed by atoms with Gasteiger partial charge in [0.2, 0.25) is 0 Å². The Morgan fingerprint density at radius 3 is 2.28 bits per heavy atom. The summed E-state index contributed by atoms with van der Waals surface area (Å²) in [4.78, 5) is 18.2. The number of carbonyl (C=O) groups excluding carboxylic acids is 1. The summed E-state index contributed by atoms with van der Waals surface area (Å²) >= 11 is 0. The molecule has 4 aromatic rings. The van der Waals surface area contributed by atoms with Gasteiger partial charge >= 0.3 is 0 Å². The number of nitrogens with zero attached hydrogens (tertiary/aromatic N) is 4. The van der Waals surface area contributed by atoms with E-state index in [1.165, 1.54) is 0 Å². The average molecular weight is 483 g/mol. The Kier molecular flexibility index (Phi) is 6.89. The second-order valence-corrected chi connectivity index (χ2v) is 8.70. The molecule has 3 aromatic carbocycles.